The quantitative estimate of drug-likeness (QED) is 0.638. The van der Waals surface area contributed by atoms with Gasteiger partial charge in [-0.25, -0.2) is 4.98 Å². The monoisotopic (exact) mass is 457 g/mol. The Labute approximate surface area is 188 Å². The molecule has 0 radical (unpaired) electrons. The number of fused-ring (bicyclic) bond motifs is 1. The second-order valence-electron chi connectivity index (χ2n) is 7.62. The molecule has 3 unspecified atom stereocenters. The van der Waals surface area contributed by atoms with Gasteiger partial charge in [0.1, 0.15) is 11.9 Å². The molecule has 1 aromatic heterocycles. The molecule has 1 aromatic carbocycles. The summed E-state index contributed by atoms with van der Waals surface area (Å²) < 4.78 is 5.71. The Morgan fingerprint density at radius 1 is 1.33 bits per heavy atom. The molecule has 0 spiro atoms. The lowest BCUT2D eigenvalue weighted by molar-refractivity contribution is -0.140. The summed E-state index contributed by atoms with van der Waals surface area (Å²) in [6.07, 6.45) is 1.54. The number of carbonyl (C=O) groups is 1. The lowest BCUT2D eigenvalue weighted by Gasteiger charge is -2.35. The molecule has 2 aliphatic heterocycles. The van der Waals surface area contributed by atoms with E-state index in [9.17, 15) is 9.59 Å². The Bertz CT molecular complexity index is 909. The molecule has 3 heterocycles. The smallest absolute Gasteiger partial charge is 0.258 e. The van der Waals surface area contributed by atoms with Crippen molar-refractivity contribution in [2.24, 2.45) is 0 Å². The third-order valence-corrected chi connectivity index (χ3v) is 5.57. The highest BCUT2D eigenvalue weighted by Gasteiger charge is 2.30. The van der Waals surface area contributed by atoms with Crippen LogP contribution in [0.3, 0.4) is 0 Å². The number of nitrogens with zero attached hydrogens (tertiary/aromatic N) is 2. The number of piperidine rings is 1. The summed E-state index contributed by atoms with van der Waals surface area (Å²) in [6, 6.07) is 7.70. The highest BCUT2D eigenvalue weighted by molar-refractivity contribution is 5.85. The summed E-state index contributed by atoms with van der Waals surface area (Å²) in [5, 5.41) is 7.11. The Morgan fingerprint density at radius 3 is 2.93 bits per heavy atom. The number of carbonyl (C=O) groups excluding carboxylic acids is 1. The topological polar surface area (TPSA) is 99.4 Å². The van der Waals surface area contributed by atoms with Gasteiger partial charge in [0.05, 0.1) is 24.1 Å². The normalized spacial score (nSPS) is 24.5. The van der Waals surface area contributed by atoms with Crippen molar-refractivity contribution in [3.63, 3.8) is 0 Å². The zero-order chi connectivity index (χ0) is 19.5. The number of H-pyrrole nitrogens is 1. The minimum atomic E-state index is -0.505. The van der Waals surface area contributed by atoms with Crippen molar-refractivity contribution in [2.75, 3.05) is 26.2 Å². The first-order chi connectivity index (χ1) is 13.6. The summed E-state index contributed by atoms with van der Waals surface area (Å²) in [6.45, 7) is 5.24. The molecule has 3 N–H and O–H groups in total. The maximum atomic E-state index is 12.7. The Morgan fingerprint density at radius 2 is 2.13 bits per heavy atom. The number of aromatic amines is 1. The number of halogens is 2. The predicted molar refractivity (Wildman–Crippen MR) is 121 cm³/mol. The number of ether oxygens (including phenoxy) is 1. The van der Waals surface area contributed by atoms with Crippen molar-refractivity contribution in [1.82, 2.24) is 25.5 Å². The lowest BCUT2D eigenvalue weighted by Crippen LogP contribution is -2.57. The van der Waals surface area contributed by atoms with Crippen LogP contribution in [0.5, 0.6) is 0 Å². The van der Waals surface area contributed by atoms with Gasteiger partial charge in [-0.2, -0.15) is 0 Å². The van der Waals surface area contributed by atoms with Crippen LogP contribution in [0.15, 0.2) is 29.1 Å². The number of morpholine rings is 1. The third-order valence-electron chi connectivity index (χ3n) is 5.57. The number of rotatable bonds is 4. The average molecular weight is 458 g/mol. The van der Waals surface area contributed by atoms with Crippen LogP contribution in [-0.2, 0) is 16.1 Å². The van der Waals surface area contributed by atoms with Crippen molar-refractivity contribution in [3.05, 3.63) is 40.4 Å². The first kappa shape index (κ1) is 24.6. The lowest BCUT2D eigenvalue weighted by atomic mass is 9.99. The van der Waals surface area contributed by atoms with Crippen LogP contribution >= 0.6 is 24.8 Å². The molecule has 166 valence electrons. The van der Waals surface area contributed by atoms with E-state index in [2.05, 4.69) is 32.4 Å². The Hall–Kier alpha value is -1.71. The van der Waals surface area contributed by atoms with E-state index in [4.69, 9.17) is 4.74 Å². The predicted octanol–water partition coefficient (Wildman–Crippen LogP) is 1.22. The number of hydrogen-bond donors (Lipinski definition) is 3. The molecule has 3 atom stereocenters. The van der Waals surface area contributed by atoms with Gasteiger partial charge in [0.15, 0.2) is 0 Å². The summed E-state index contributed by atoms with van der Waals surface area (Å²) in [5.41, 5.74) is 0.546. The van der Waals surface area contributed by atoms with E-state index in [1.165, 1.54) is 0 Å². The molecule has 10 heteroatoms. The summed E-state index contributed by atoms with van der Waals surface area (Å²) in [7, 11) is 0. The van der Waals surface area contributed by atoms with Crippen LogP contribution in [0.1, 0.15) is 25.6 Å². The van der Waals surface area contributed by atoms with E-state index in [0.29, 0.717) is 43.0 Å². The molecule has 30 heavy (non-hydrogen) atoms. The van der Waals surface area contributed by atoms with Crippen LogP contribution in [0.4, 0.5) is 0 Å². The summed E-state index contributed by atoms with van der Waals surface area (Å²) in [4.78, 5) is 34.4. The van der Waals surface area contributed by atoms with Crippen molar-refractivity contribution in [3.8, 4) is 0 Å². The SMILES string of the molecule is CC1NCCCC1NC(=O)C1CN(Cc2nc3ccccc3c(=O)[nH]2)CCO1.Cl.Cl. The molecule has 0 aliphatic carbocycles. The van der Waals surface area contributed by atoms with E-state index in [0.717, 1.165) is 19.4 Å². The number of hydrogen-bond acceptors (Lipinski definition) is 6. The van der Waals surface area contributed by atoms with E-state index in [1.807, 2.05) is 18.2 Å². The molecule has 2 saturated heterocycles. The second-order valence-corrected chi connectivity index (χ2v) is 7.62. The van der Waals surface area contributed by atoms with Gasteiger partial charge in [0.2, 0.25) is 0 Å². The van der Waals surface area contributed by atoms with Crippen molar-refractivity contribution < 1.29 is 9.53 Å². The fourth-order valence-electron chi connectivity index (χ4n) is 3.94. The van der Waals surface area contributed by atoms with Gasteiger partial charge >= 0.3 is 0 Å². The molecule has 2 aromatic rings. The van der Waals surface area contributed by atoms with E-state index in [1.54, 1.807) is 6.07 Å². The molecule has 0 saturated carbocycles. The number of nitrogens with one attached hydrogen (secondary N) is 3. The van der Waals surface area contributed by atoms with Crippen LogP contribution in [0, 0.1) is 0 Å². The highest BCUT2D eigenvalue weighted by Crippen LogP contribution is 2.13. The highest BCUT2D eigenvalue weighted by atomic mass is 35.5. The van der Waals surface area contributed by atoms with Crippen molar-refractivity contribution >= 4 is 41.6 Å². The van der Waals surface area contributed by atoms with E-state index in [-0.39, 0.29) is 48.4 Å². The first-order valence-electron chi connectivity index (χ1n) is 9.96. The van der Waals surface area contributed by atoms with Gasteiger partial charge in [0.25, 0.3) is 11.5 Å². The maximum absolute atomic E-state index is 12.7. The standard InChI is InChI=1S/C20H27N5O3.2ClH/c1-13-15(7-4-8-21-13)23-20(27)17-11-25(9-10-28-17)12-18-22-16-6-3-2-5-14(16)19(26)24-18;;/h2-3,5-6,13,15,17,21H,4,7-12H2,1H3,(H,23,27)(H,22,24,26);2*1H. The largest absolute Gasteiger partial charge is 0.366 e. The van der Waals surface area contributed by atoms with Crippen LogP contribution in [-0.4, -0.2) is 65.2 Å². The summed E-state index contributed by atoms with van der Waals surface area (Å²) in [5.74, 6) is 0.542. The second kappa shape index (κ2) is 11.1. The van der Waals surface area contributed by atoms with Gasteiger partial charge in [-0.05, 0) is 38.4 Å². The Balaban J connectivity index is 0.00000160. The molecule has 8 nitrogen and oxygen atoms in total. The average Bonchev–Trinajstić information content (AvgIpc) is 2.70. The van der Waals surface area contributed by atoms with Gasteiger partial charge in [-0.3, -0.25) is 14.5 Å². The van der Waals surface area contributed by atoms with Crippen LogP contribution in [0.25, 0.3) is 10.9 Å². The number of benzene rings is 1. The molecule has 4 rings (SSSR count). The van der Waals surface area contributed by atoms with E-state index >= 15 is 0 Å². The number of para-hydroxylation sites is 1. The molecular formula is C20H29Cl2N5O3. The van der Waals surface area contributed by atoms with Gasteiger partial charge in [-0.1, -0.05) is 12.1 Å². The molecule has 1 amide bonds. The number of aromatic nitrogens is 2. The fraction of sp³-hybridized carbons (Fsp3) is 0.550. The first-order valence-corrected chi connectivity index (χ1v) is 9.96. The maximum Gasteiger partial charge on any atom is 0.258 e. The molecule has 0 bridgehead atoms. The van der Waals surface area contributed by atoms with E-state index < -0.39 is 6.10 Å². The third kappa shape index (κ3) is 5.70. The molecular weight excluding hydrogens is 429 g/mol. The summed E-state index contributed by atoms with van der Waals surface area (Å²) >= 11 is 0. The zero-order valence-corrected chi connectivity index (χ0v) is 18.6. The molecule has 2 aliphatic rings. The fourth-order valence-corrected chi connectivity index (χ4v) is 3.94. The minimum Gasteiger partial charge on any atom is -0.366 e. The zero-order valence-electron chi connectivity index (χ0n) is 16.9. The minimum absolute atomic E-state index is 0. The van der Waals surface area contributed by atoms with Gasteiger partial charge in [-0.15, -0.1) is 24.8 Å². The van der Waals surface area contributed by atoms with Gasteiger partial charge in [0, 0.05) is 25.2 Å². The van der Waals surface area contributed by atoms with Crippen molar-refractivity contribution in [1.29, 1.82) is 0 Å². The molecule has 2 fully saturated rings. The van der Waals surface area contributed by atoms with Crippen molar-refractivity contribution in [2.45, 2.75) is 44.5 Å². The van der Waals surface area contributed by atoms with Crippen LogP contribution < -0.4 is 16.2 Å². The van der Waals surface area contributed by atoms with Crippen LogP contribution in [0.2, 0.25) is 0 Å². The number of amides is 1. The Kier molecular flexibility index (Phi) is 9.06. The van der Waals surface area contributed by atoms with Gasteiger partial charge < -0.3 is 20.4 Å².